The summed E-state index contributed by atoms with van der Waals surface area (Å²) in [5.74, 6) is -0.235. The highest BCUT2D eigenvalue weighted by molar-refractivity contribution is 5.93. The topological polar surface area (TPSA) is 109 Å². The lowest BCUT2D eigenvalue weighted by atomic mass is 10.3. The van der Waals surface area contributed by atoms with Crippen molar-refractivity contribution in [3.05, 3.63) is 45.1 Å². The molecule has 0 aliphatic carbocycles. The number of hydrogen-bond donors (Lipinski definition) is 1. The van der Waals surface area contributed by atoms with E-state index in [0.29, 0.717) is 29.8 Å². The van der Waals surface area contributed by atoms with Crippen molar-refractivity contribution in [3.63, 3.8) is 0 Å². The maximum atomic E-state index is 12.4. The molecule has 0 aliphatic rings. The van der Waals surface area contributed by atoms with Gasteiger partial charge in [0.25, 0.3) is 11.5 Å². The van der Waals surface area contributed by atoms with Crippen molar-refractivity contribution < 1.29 is 4.79 Å². The first-order valence-corrected chi connectivity index (χ1v) is 8.24. The second kappa shape index (κ2) is 6.62. The van der Waals surface area contributed by atoms with Crippen LogP contribution in [-0.2, 0) is 20.6 Å². The number of hydrogen-bond acceptors (Lipinski definition) is 5. The smallest absolute Gasteiger partial charge is 0.332 e. The first kappa shape index (κ1) is 17.6. The number of aromatic nitrogens is 6. The summed E-state index contributed by atoms with van der Waals surface area (Å²) in [4.78, 5) is 40.6. The van der Waals surface area contributed by atoms with Crippen LogP contribution in [0.3, 0.4) is 0 Å². The number of carbonyl (C=O) groups is 1. The first-order chi connectivity index (χ1) is 12.3. The van der Waals surface area contributed by atoms with Crippen LogP contribution >= 0.6 is 0 Å². The second-order valence-corrected chi connectivity index (χ2v) is 6.37. The molecule has 10 nitrogen and oxygen atoms in total. The van der Waals surface area contributed by atoms with E-state index in [2.05, 4.69) is 15.4 Å². The quantitative estimate of drug-likeness (QED) is 0.669. The molecule has 1 amide bonds. The number of fused-ring (bicyclic) bond motifs is 1. The molecule has 0 bridgehead atoms. The van der Waals surface area contributed by atoms with E-state index in [1.807, 2.05) is 13.8 Å². The van der Waals surface area contributed by atoms with Crippen LogP contribution in [0.2, 0.25) is 0 Å². The fourth-order valence-corrected chi connectivity index (χ4v) is 2.70. The van der Waals surface area contributed by atoms with E-state index in [4.69, 9.17) is 0 Å². The Kier molecular flexibility index (Phi) is 4.49. The monoisotopic (exact) mass is 359 g/mol. The number of nitrogens with one attached hydrogen (secondary N) is 1. The van der Waals surface area contributed by atoms with Gasteiger partial charge < -0.3 is 9.88 Å². The Morgan fingerprint density at radius 2 is 1.96 bits per heavy atom. The number of aryl methyl sites for hydroxylation is 1. The fraction of sp³-hybridized carbons (Fsp3) is 0.438. The Morgan fingerprint density at radius 3 is 2.62 bits per heavy atom. The van der Waals surface area contributed by atoms with Crippen molar-refractivity contribution in [2.75, 3.05) is 6.54 Å². The third-order valence-electron chi connectivity index (χ3n) is 4.25. The largest absolute Gasteiger partial charge is 0.350 e. The standard InChI is InChI=1S/C16H21N7O3/c1-10(2)23-8-11(7-19-23)14(24)17-5-6-22-9-18-13-12(22)15(25)21(4)16(26)20(13)3/h7-10H,5-6H2,1-4H3,(H,17,24). The van der Waals surface area contributed by atoms with Crippen molar-refractivity contribution in [2.45, 2.75) is 26.4 Å². The van der Waals surface area contributed by atoms with Crippen LogP contribution in [-0.4, -0.2) is 40.9 Å². The number of amides is 1. The highest BCUT2D eigenvalue weighted by atomic mass is 16.2. The van der Waals surface area contributed by atoms with E-state index < -0.39 is 11.2 Å². The molecule has 26 heavy (non-hydrogen) atoms. The van der Waals surface area contributed by atoms with Gasteiger partial charge in [0.1, 0.15) is 0 Å². The average Bonchev–Trinajstić information content (AvgIpc) is 3.25. The van der Waals surface area contributed by atoms with Crippen molar-refractivity contribution in [1.29, 1.82) is 0 Å². The lowest BCUT2D eigenvalue weighted by molar-refractivity contribution is 0.0952. The van der Waals surface area contributed by atoms with Crippen LogP contribution in [0.1, 0.15) is 30.2 Å². The molecule has 0 aromatic carbocycles. The van der Waals surface area contributed by atoms with Gasteiger partial charge in [-0.25, -0.2) is 9.78 Å². The van der Waals surface area contributed by atoms with Crippen LogP contribution in [0.5, 0.6) is 0 Å². The third kappa shape index (κ3) is 2.93. The fourth-order valence-electron chi connectivity index (χ4n) is 2.70. The minimum absolute atomic E-state index is 0.178. The molecule has 0 unspecified atom stereocenters. The van der Waals surface area contributed by atoms with Gasteiger partial charge in [-0.3, -0.25) is 23.4 Å². The van der Waals surface area contributed by atoms with Gasteiger partial charge in [-0.2, -0.15) is 5.10 Å². The van der Waals surface area contributed by atoms with Gasteiger partial charge in [0.2, 0.25) is 0 Å². The summed E-state index contributed by atoms with van der Waals surface area (Å²) < 4.78 is 5.71. The SMILES string of the molecule is CC(C)n1cc(C(=O)NCCn2cnc3c2c(=O)n(C)c(=O)n3C)cn1. The van der Waals surface area contributed by atoms with Crippen LogP contribution in [0, 0.1) is 0 Å². The number of carbonyl (C=O) groups excluding carboxylic acids is 1. The molecule has 0 aliphatic heterocycles. The maximum Gasteiger partial charge on any atom is 0.332 e. The Morgan fingerprint density at radius 1 is 1.23 bits per heavy atom. The van der Waals surface area contributed by atoms with E-state index in [9.17, 15) is 14.4 Å². The van der Waals surface area contributed by atoms with Crippen molar-refractivity contribution >= 4 is 17.1 Å². The molecule has 0 saturated heterocycles. The molecule has 0 atom stereocenters. The van der Waals surface area contributed by atoms with Gasteiger partial charge in [0.15, 0.2) is 11.2 Å². The van der Waals surface area contributed by atoms with Gasteiger partial charge in [0, 0.05) is 39.4 Å². The number of imidazole rings is 1. The summed E-state index contributed by atoms with van der Waals surface area (Å²) >= 11 is 0. The lowest BCUT2D eigenvalue weighted by Gasteiger charge is -2.07. The highest BCUT2D eigenvalue weighted by Gasteiger charge is 2.14. The molecule has 138 valence electrons. The number of nitrogens with zero attached hydrogens (tertiary/aromatic N) is 6. The van der Waals surface area contributed by atoms with Crippen molar-refractivity contribution in [2.24, 2.45) is 14.1 Å². The van der Waals surface area contributed by atoms with Crippen molar-refractivity contribution in [3.8, 4) is 0 Å². The van der Waals surface area contributed by atoms with E-state index in [0.717, 1.165) is 4.57 Å². The van der Waals surface area contributed by atoms with E-state index in [-0.39, 0.29) is 11.9 Å². The van der Waals surface area contributed by atoms with Crippen molar-refractivity contribution in [1.82, 2.24) is 33.8 Å². The van der Waals surface area contributed by atoms with Gasteiger partial charge in [0.05, 0.1) is 18.1 Å². The molecule has 0 fully saturated rings. The second-order valence-electron chi connectivity index (χ2n) is 6.37. The first-order valence-electron chi connectivity index (χ1n) is 8.24. The highest BCUT2D eigenvalue weighted by Crippen LogP contribution is 2.06. The predicted molar refractivity (Wildman–Crippen MR) is 95.2 cm³/mol. The summed E-state index contributed by atoms with van der Waals surface area (Å²) in [6.45, 7) is 4.62. The van der Waals surface area contributed by atoms with E-state index in [1.165, 1.54) is 24.1 Å². The van der Waals surface area contributed by atoms with Gasteiger partial charge in [-0.1, -0.05) is 0 Å². The van der Waals surface area contributed by atoms with Gasteiger partial charge >= 0.3 is 5.69 Å². The van der Waals surface area contributed by atoms with E-state index >= 15 is 0 Å². The molecular weight excluding hydrogens is 338 g/mol. The summed E-state index contributed by atoms with van der Waals surface area (Å²) in [5.41, 5.74) is 0.292. The minimum Gasteiger partial charge on any atom is -0.350 e. The molecule has 3 aromatic heterocycles. The maximum absolute atomic E-state index is 12.4. The molecule has 0 spiro atoms. The zero-order valence-corrected chi connectivity index (χ0v) is 15.1. The van der Waals surface area contributed by atoms with Crippen LogP contribution in [0.15, 0.2) is 28.3 Å². The summed E-state index contributed by atoms with van der Waals surface area (Å²) in [7, 11) is 2.99. The summed E-state index contributed by atoms with van der Waals surface area (Å²) in [5, 5.41) is 6.94. The molecule has 0 saturated carbocycles. The third-order valence-corrected chi connectivity index (χ3v) is 4.25. The molecule has 0 radical (unpaired) electrons. The normalized spacial score (nSPS) is 11.4. The Hall–Kier alpha value is -3.17. The van der Waals surface area contributed by atoms with Crippen LogP contribution < -0.4 is 16.6 Å². The number of rotatable bonds is 5. The van der Waals surface area contributed by atoms with Gasteiger partial charge in [-0.15, -0.1) is 0 Å². The summed E-state index contributed by atoms with van der Waals surface area (Å²) in [6.07, 6.45) is 4.71. The Labute approximate surface area is 148 Å². The van der Waals surface area contributed by atoms with Crippen LogP contribution in [0.25, 0.3) is 11.2 Å². The average molecular weight is 359 g/mol. The molecule has 1 N–H and O–H groups in total. The minimum atomic E-state index is -0.428. The Balaban J connectivity index is 1.75. The molecule has 3 heterocycles. The van der Waals surface area contributed by atoms with Crippen LogP contribution in [0.4, 0.5) is 0 Å². The Bertz CT molecular complexity index is 1080. The predicted octanol–water partition coefficient (Wildman–Crippen LogP) is -0.359. The molecule has 3 rings (SSSR count). The molecule has 10 heteroatoms. The molecule has 3 aromatic rings. The van der Waals surface area contributed by atoms with E-state index in [1.54, 1.807) is 22.5 Å². The lowest BCUT2D eigenvalue weighted by Crippen LogP contribution is -2.37. The zero-order valence-electron chi connectivity index (χ0n) is 15.1. The van der Waals surface area contributed by atoms with Gasteiger partial charge in [-0.05, 0) is 13.8 Å². The summed E-state index contributed by atoms with van der Waals surface area (Å²) in [6, 6.07) is 0.178. The zero-order chi connectivity index (χ0) is 19.0. The molecular formula is C16H21N7O3.